The van der Waals surface area contributed by atoms with Gasteiger partial charge in [-0.2, -0.15) is 4.98 Å². The Bertz CT molecular complexity index is 709. The number of carboxylic acid groups (broad SMARTS) is 1. The van der Waals surface area contributed by atoms with Crippen molar-refractivity contribution < 1.29 is 14.6 Å². The average molecular weight is 326 g/mol. The van der Waals surface area contributed by atoms with E-state index in [0.29, 0.717) is 20.6 Å². The third-order valence-corrected chi connectivity index (χ3v) is 3.97. The van der Waals surface area contributed by atoms with Crippen LogP contribution >= 0.6 is 23.4 Å². The molecule has 0 atom stereocenters. The molecule has 0 saturated heterocycles. The lowest BCUT2D eigenvalue weighted by atomic mass is 10.1. The second kappa shape index (κ2) is 6.28. The van der Waals surface area contributed by atoms with E-state index < -0.39 is 5.97 Å². The van der Waals surface area contributed by atoms with Crippen molar-refractivity contribution in [1.82, 2.24) is 15.0 Å². The number of pyridine rings is 1. The molecule has 110 valence electrons. The fourth-order valence-corrected chi connectivity index (χ4v) is 2.94. The molecular weight excluding hydrogens is 314 g/mol. The second-order valence-electron chi connectivity index (χ2n) is 4.18. The summed E-state index contributed by atoms with van der Waals surface area (Å²) in [6.07, 6.45) is 1.40. The van der Waals surface area contributed by atoms with Crippen LogP contribution in [0.4, 0.5) is 0 Å². The van der Waals surface area contributed by atoms with Crippen molar-refractivity contribution in [1.29, 1.82) is 0 Å². The summed E-state index contributed by atoms with van der Waals surface area (Å²) in [4.78, 5) is 23.7. The Morgan fingerprint density at radius 2 is 2.05 bits per heavy atom. The number of methoxy groups -OCH3 is 1. The van der Waals surface area contributed by atoms with E-state index in [0.717, 1.165) is 17.5 Å². The first-order valence-electron chi connectivity index (χ1n) is 5.88. The zero-order valence-electron chi connectivity index (χ0n) is 11.5. The lowest BCUT2D eigenvalue weighted by Gasteiger charge is -2.10. The van der Waals surface area contributed by atoms with Gasteiger partial charge in [0.2, 0.25) is 0 Å². The summed E-state index contributed by atoms with van der Waals surface area (Å²) in [7, 11) is 1.44. The van der Waals surface area contributed by atoms with E-state index in [1.165, 1.54) is 13.3 Å². The lowest BCUT2D eigenvalue weighted by molar-refractivity contribution is 0.0691. The van der Waals surface area contributed by atoms with Crippen LogP contribution < -0.4 is 4.74 Å². The first kappa shape index (κ1) is 15.5. The summed E-state index contributed by atoms with van der Waals surface area (Å²) in [5.41, 5.74) is 1.49. The van der Waals surface area contributed by atoms with Gasteiger partial charge in [0, 0.05) is 5.69 Å². The predicted molar refractivity (Wildman–Crippen MR) is 78.4 cm³/mol. The summed E-state index contributed by atoms with van der Waals surface area (Å²) in [5.74, 6) is -1.04. The lowest BCUT2D eigenvalue weighted by Crippen LogP contribution is -2.05. The zero-order chi connectivity index (χ0) is 15.6. The van der Waals surface area contributed by atoms with Crippen LogP contribution in [0.5, 0.6) is 6.01 Å². The maximum absolute atomic E-state index is 11.4. The Balaban J connectivity index is 2.51. The Morgan fingerprint density at radius 1 is 1.33 bits per heavy atom. The topological polar surface area (TPSA) is 85.2 Å². The van der Waals surface area contributed by atoms with E-state index in [4.69, 9.17) is 16.3 Å². The number of carboxylic acids is 1. The minimum atomic E-state index is -1.04. The van der Waals surface area contributed by atoms with E-state index in [1.807, 2.05) is 0 Å². The average Bonchev–Trinajstić information content (AvgIpc) is 2.40. The molecule has 2 heterocycles. The fraction of sp³-hybridized carbons (Fsp3) is 0.231. The maximum atomic E-state index is 11.4. The molecule has 0 unspecified atom stereocenters. The van der Waals surface area contributed by atoms with Gasteiger partial charge in [0.25, 0.3) is 0 Å². The third kappa shape index (κ3) is 3.43. The summed E-state index contributed by atoms with van der Waals surface area (Å²) in [6.45, 7) is 3.52. The summed E-state index contributed by atoms with van der Waals surface area (Å²) in [5, 5.41) is 10.4. The monoisotopic (exact) mass is 325 g/mol. The van der Waals surface area contributed by atoms with Gasteiger partial charge in [0.15, 0.2) is 0 Å². The molecule has 8 heteroatoms. The van der Waals surface area contributed by atoms with Crippen molar-refractivity contribution >= 4 is 29.3 Å². The highest BCUT2D eigenvalue weighted by Crippen LogP contribution is 2.34. The van der Waals surface area contributed by atoms with Crippen molar-refractivity contribution in [2.24, 2.45) is 0 Å². The van der Waals surface area contributed by atoms with Crippen molar-refractivity contribution in [3.8, 4) is 6.01 Å². The Kier molecular flexibility index (Phi) is 4.64. The van der Waals surface area contributed by atoms with Gasteiger partial charge in [0.05, 0.1) is 23.9 Å². The van der Waals surface area contributed by atoms with Crippen LogP contribution in [0.15, 0.2) is 22.3 Å². The highest BCUT2D eigenvalue weighted by molar-refractivity contribution is 7.99. The molecule has 0 bridgehead atoms. The van der Waals surface area contributed by atoms with Crippen LogP contribution in [-0.4, -0.2) is 33.1 Å². The molecule has 0 aliphatic carbocycles. The van der Waals surface area contributed by atoms with Crippen molar-refractivity contribution in [2.45, 2.75) is 23.9 Å². The molecule has 21 heavy (non-hydrogen) atoms. The summed E-state index contributed by atoms with van der Waals surface area (Å²) < 4.78 is 4.94. The molecule has 1 N–H and O–H groups in total. The molecular formula is C13H12ClN3O3S. The molecule has 0 aromatic carbocycles. The molecule has 2 aromatic rings. The molecule has 0 saturated carbocycles. The van der Waals surface area contributed by atoms with E-state index in [-0.39, 0.29) is 11.6 Å². The number of hydrogen-bond donors (Lipinski definition) is 1. The Hall–Kier alpha value is -1.86. The number of aromatic nitrogens is 3. The van der Waals surface area contributed by atoms with Gasteiger partial charge < -0.3 is 9.84 Å². The molecule has 0 aliphatic rings. The van der Waals surface area contributed by atoms with E-state index in [2.05, 4.69) is 15.0 Å². The number of hydrogen-bond acceptors (Lipinski definition) is 6. The van der Waals surface area contributed by atoms with Gasteiger partial charge in [-0.25, -0.2) is 14.8 Å². The number of ether oxygens (including phenoxy) is 1. The van der Waals surface area contributed by atoms with Crippen molar-refractivity contribution in [3.63, 3.8) is 0 Å². The molecule has 0 spiro atoms. The smallest absolute Gasteiger partial charge is 0.338 e. The molecule has 6 nitrogen and oxygen atoms in total. The SMILES string of the molecule is COc1ncc(Cl)c(Sc2nc(C)cc(C)c2C(=O)O)n1. The van der Waals surface area contributed by atoms with Crippen LogP contribution in [-0.2, 0) is 0 Å². The number of nitrogens with zero attached hydrogens (tertiary/aromatic N) is 3. The highest BCUT2D eigenvalue weighted by Gasteiger charge is 2.19. The Morgan fingerprint density at radius 3 is 2.67 bits per heavy atom. The standard InChI is InChI=1S/C13H12ClN3O3S/c1-6-4-7(2)16-11(9(6)12(18)19)21-10-8(14)5-15-13(17-10)20-3/h4-5H,1-3H3,(H,18,19). The van der Waals surface area contributed by atoms with Crippen LogP contribution in [0.1, 0.15) is 21.6 Å². The first-order valence-corrected chi connectivity index (χ1v) is 7.07. The van der Waals surface area contributed by atoms with Crippen molar-refractivity contribution in [2.75, 3.05) is 7.11 Å². The highest BCUT2D eigenvalue weighted by atomic mass is 35.5. The van der Waals surface area contributed by atoms with Gasteiger partial charge in [0.1, 0.15) is 10.1 Å². The number of halogens is 1. The van der Waals surface area contributed by atoms with Crippen molar-refractivity contribution in [3.05, 3.63) is 34.1 Å². The van der Waals surface area contributed by atoms with E-state index in [9.17, 15) is 9.90 Å². The van der Waals surface area contributed by atoms with Gasteiger partial charge in [-0.15, -0.1) is 0 Å². The number of carbonyl (C=O) groups is 1. The predicted octanol–water partition coefficient (Wildman–Crippen LogP) is 3.00. The van der Waals surface area contributed by atoms with Gasteiger partial charge >= 0.3 is 12.0 Å². The molecule has 2 aromatic heterocycles. The first-order chi connectivity index (χ1) is 9.92. The molecule has 2 rings (SSSR count). The maximum Gasteiger partial charge on any atom is 0.338 e. The van der Waals surface area contributed by atoms with Gasteiger partial charge in [-0.05, 0) is 37.2 Å². The van der Waals surface area contributed by atoms with Crippen LogP contribution in [0.25, 0.3) is 0 Å². The van der Waals surface area contributed by atoms with Crippen LogP contribution in [0.2, 0.25) is 5.02 Å². The van der Waals surface area contributed by atoms with E-state index >= 15 is 0 Å². The quantitative estimate of drug-likeness (QED) is 0.865. The van der Waals surface area contributed by atoms with Gasteiger partial charge in [-0.3, -0.25) is 0 Å². The van der Waals surface area contributed by atoms with Crippen LogP contribution in [0.3, 0.4) is 0 Å². The third-order valence-electron chi connectivity index (χ3n) is 2.59. The molecule has 0 radical (unpaired) electrons. The number of aromatic carboxylic acids is 1. The fourth-order valence-electron chi connectivity index (χ4n) is 1.73. The molecule has 0 fully saturated rings. The minimum absolute atomic E-state index is 0.138. The Labute approximate surface area is 130 Å². The second-order valence-corrected chi connectivity index (χ2v) is 5.56. The summed E-state index contributed by atoms with van der Waals surface area (Å²) in [6, 6.07) is 1.87. The molecule has 0 amide bonds. The van der Waals surface area contributed by atoms with Gasteiger partial charge in [-0.1, -0.05) is 11.6 Å². The minimum Gasteiger partial charge on any atom is -0.478 e. The number of rotatable bonds is 4. The normalized spacial score (nSPS) is 10.5. The molecule has 0 aliphatic heterocycles. The van der Waals surface area contributed by atoms with E-state index in [1.54, 1.807) is 19.9 Å². The van der Waals surface area contributed by atoms with Crippen LogP contribution in [0, 0.1) is 13.8 Å². The largest absolute Gasteiger partial charge is 0.478 e. The number of aryl methyl sites for hydroxylation is 2. The summed E-state index contributed by atoms with van der Waals surface area (Å²) >= 11 is 7.11. The zero-order valence-corrected chi connectivity index (χ0v) is 13.1.